The third kappa shape index (κ3) is 14.8. The van der Waals surface area contributed by atoms with Gasteiger partial charge in [0.05, 0.1) is 47.8 Å². The first-order chi connectivity index (χ1) is 44.6. The van der Waals surface area contributed by atoms with Crippen LogP contribution >= 0.6 is 0 Å². The molecule has 92 heavy (non-hydrogen) atoms. The summed E-state index contributed by atoms with van der Waals surface area (Å²) in [6.07, 6.45) is 8.83. The molecule has 2 aliphatic rings. The Morgan fingerprint density at radius 1 is 0.467 bits per heavy atom. The summed E-state index contributed by atoms with van der Waals surface area (Å²) in [5.74, 6) is -0.985. The van der Waals surface area contributed by atoms with Crippen LogP contribution in [0.3, 0.4) is 0 Å². The monoisotopic (exact) mass is 1240 g/mol. The van der Waals surface area contributed by atoms with Crippen LogP contribution in [0.15, 0.2) is 158 Å². The Morgan fingerprint density at radius 3 is 1.30 bits per heavy atom. The first kappa shape index (κ1) is 65.9. The molecule has 2 aromatic heterocycles. The third-order valence-corrected chi connectivity index (χ3v) is 17.9. The van der Waals surface area contributed by atoms with E-state index in [4.69, 9.17) is 10.2 Å². The molecular formula is C77H87FN8O6. The lowest BCUT2D eigenvalue weighted by molar-refractivity contribution is 0.0539. The van der Waals surface area contributed by atoms with Crippen molar-refractivity contribution in [3.8, 4) is 33.6 Å². The molecule has 14 nitrogen and oxygen atoms in total. The highest BCUT2D eigenvalue weighted by Crippen LogP contribution is 2.34. The van der Waals surface area contributed by atoms with E-state index in [9.17, 15) is 33.8 Å². The lowest BCUT2D eigenvalue weighted by atomic mass is 9.93. The predicted molar refractivity (Wildman–Crippen MR) is 363 cm³/mol. The Hall–Kier alpha value is -9.05. The standard InChI is InChI=1S/C40H44N4O3.C37H43FN4O3/c1-4-6-20-42(21-7-5-2)40(47)37-22-28(3)44(41-37)38-19-18-33(32-17-16-29-12-8-9-13-30(29)23-32)25-36(38)39(46)43-26-34-15-11-10-14-31(34)24-35(43)27-45;1-5-7-15-40(16-8-6-2)37(45)34-19-26(4)42(39-34)35-14-13-28(30-17-25(3)18-31(38)20-30)22-33(35)36(44)41-23-29-12-10-9-11-27(29)21-32(41)24-43/h8-19,22-23,25,35,45H,4-7,20-21,24,26-27H2,1-3H3;9-14,17-20,22,32,43H,5-8,15-16,21,23-24H2,1-4H3/t35-;32-/m00/s1. The number of amides is 4. The van der Waals surface area contributed by atoms with E-state index in [-0.39, 0.29) is 48.7 Å². The first-order valence-corrected chi connectivity index (χ1v) is 32.9. The van der Waals surface area contributed by atoms with E-state index in [0.717, 1.165) is 112 Å². The normalized spacial score (nSPS) is 14.3. The summed E-state index contributed by atoms with van der Waals surface area (Å²) in [6.45, 7) is 17.3. The maximum atomic E-state index is 14.7. The van der Waals surface area contributed by atoms with Crippen molar-refractivity contribution in [1.29, 1.82) is 0 Å². The number of fused-ring (bicyclic) bond motifs is 3. The minimum atomic E-state index is -0.401. The van der Waals surface area contributed by atoms with Crippen LogP contribution in [-0.2, 0) is 25.9 Å². The van der Waals surface area contributed by atoms with Crippen molar-refractivity contribution in [2.24, 2.45) is 0 Å². The number of rotatable bonds is 22. The molecule has 15 heteroatoms. The summed E-state index contributed by atoms with van der Waals surface area (Å²) in [5.41, 5.74) is 12.6. The van der Waals surface area contributed by atoms with Gasteiger partial charge in [0.2, 0.25) is 0 Å². The predicted octanol–water partition coefficient (Wildman–Crippen LogP) is 14.5. The van der Waals surface area contributed by atoms with Gasteiger partial charge >= 0.3 is 0 Å². The van der Waals surface area contributed by atoms with Crippen LogP contribution in [0.4, 0.5) is 4.39 Å². The molecule has 2 aliphatic heterocycles. The molecule has 2 N–H and O–H groups in total. The van der Waals surface area contributed by atoms with Crippen molar-refractivity contribution in [2.45, 2.75) is 138 Å². The van der Waals surface area contributed by atoms with Crippen molar-refractivity contribution < 1.29 is 33.8 Å². The number of nitrogens with zero attached hydrogens (tertiary/aromatic N) is 8. The fourth-order valence-corrected chi connectivity index (χ4v) is 12.7. The van der Waals surface area contributed by atoms with Gasteiger partial charge in [-0.05, 0) is 175 Å². The van der Waals surface area contributed by atoms with Crippen LogP contribution in [0, 0.1) is 26.6 Å². The van der Waals surface area contributed by atoms with Gasteiger partial charge < -0.3 is 29.8 Å². The summed E-state index contributed by atoms with van der Waals surface area (Å²) < 4.78 is 17.8. The van der Waals surface area contributed by atoms with Crippen molar-refractivity contribution >= 4 is 34.4 Å². The summed E-state index contributed by atoms with van der Waals surface area (Å²) in [4.78, 5) is 63.8. The highest BCUT2D eigenvalue weighted by molar-refractivity contribution is 6.01. The molecule has 0 radical (unpaired) electrons. The van der Waals surface area contributed by atoms with E-state index < -0.39 is 6.04 Å². The van der Waals surface area contributed by atoms with Crippen LogP contribution in [0.5, 0.6) is 0 Å². The fourth-order valence-electron chi connectivity index (χ4n) is 12.7. The van der Waals surface area contributed by atoms with Crippen LogP contribution in [-0.4, -0.2) is 124 Å². The van der Waals surface area contributed by atoms with Gasteiger partial charge in [-0.15, -0.1) is 0 Å². The molecule has 0 fully saturated rings. The van der Waals surface area contributed by atoms with E-state index >= 15 is 0 Å². The largest absolute Gasteiger partial charge is 0.394 e. The molecule has 11 rings (SSSR count). The number of aromatic nitrogens is 4. The Balaban J connectivity index is 0.000000202. The molecule has 0 unspecified atom stereocenters. The Morgan fingerprint density at radius 2 is 0.870 bits per heavy atom. The number of carbonyl (C=O) groups excluding carboxylic acids is 4. The second-order valence-electron chi connectivity index (χ2n) is 24.7. The summed E-state index contributed by atoms with van der Waals surface area (Å²) in [6, 6.07) is 49.6. The van der Waals surface area contributed by atoms with Gasteiger partial charge in [-0.1, -0.05) is 157 Å². The Kier molecular flexibility index (Phi) is 21.8. The van der Waals surface area contributed by atoms with Gasteiger partial charge in [0.15, 0.2) is 11.4 Å². The minimum absolute atomic E-state index is 0.0811. The van der Waals surface area contributed by atoms with Crippen molar-refractivity contribution in [3.63, 3.8) is 0 Å². The number of aryl methyl sites for hydroxylation is 3. The van der Waals surface area contributed by atoms with E-state index in [1.807, 2.05) is 128 Å². The topological polar surface area (TPSA) is 157 Å². The average molecular weight is 1240 g/mol. The van der Waals surface area contributed by atoms with Crippen LogP contribution < -0.4 is 0 Å². The zero-order chi connectivity index (χ0) is 65.0. The van der Waals surface area contributed by atoms with Gasteiger partial charge in [-0.2, -0.15) is 10.2 Å². The van der Waals surface area contributed by atoms with Crippen molar-refractivity contribution in [3.05, 3.63) is 225 Å². The maximum Gasteiger partial charge on any atom is 0.274 e. The lowest BCUT2D eigenvalue weighted by Gasteiger charge is -2.36. The lowest BCUT2D eigenvalue weighted by Crippen LogP contribution is -2.46. The zero-order valence-electron chi connectivity index (χ0n) is 54.4. The quantitative estimate of drug-likeness (QED) is 0.0679. The van der Waals surface area contributed by atoms with Gasteiger partial charge in [-0.25, -0.2) is 13.8 Å². The number of hydrogen-bond donors (Lipinski definition) is 2. The minimum Gasteiger partial charge on any atom is -0.394 e. The number of halogens is 1. The summed E-state index contributed by atoms with van der Waals surface area (Å²) in [5, 5.41) is 32.6. The molecule has 478 valence electrons. The number of aliphatic hydroxyl groups excluding tert-OH is 2. The molecule has 0 spiro atoms. The molecule has 4 heterocycles. The van der Waals surface area contributed by atoms with Crippen molar-refractivity contribution in [2.75, 3.05) is 39.4 Å². The van der Waals surface area contributed by atoms with Gasteiger partial charge in [0, 0.05) is 50.7 Å². The van der Waals surface area contributed by atoms with Crippen LogP contribution in [0.25, 0.3) is 44.4 Å². The molecule has 7 aromatic carbocycles. The Bertz CT molecular complexity index is 4060. The van der Waals surface area contributed by atoms with E-state index in [1.165, 1.54) is 12.1 Å². The number of carbonyl (C=O) groups is 4. The molecule has 2 atom stereocenters. The number of benzene rings is 7. The van der Waals surface area contributed by atoms with Crippen LogP contribution in [0.2, 0.25) is 0 Å². The van der Waals surface area contributed by atoms with E-state index in [2.05, 4.69) is 64.1 Å². The first-order valence-electron chi connectivity index (χ1n) is 32.9. The van der Waals surface area contributed by atoms with Gasteiger partial charge in [0.25, 0.3) is 23.6 Å². The van der Waals surface area contributed by atoms with Gasteiger partial charge in [0.1, 0.15) is 5.82 Å². The highest BCUT2D eigenvalue weighted by atomic mass is 19.1. The summed E-state index contributed by atoms with van der Waals surface area (Å²) >= 11 is 0. The molecule has 9 aromatic rings. The molecule has 0 bridgehead atoms. The maximum absolute atomic E-state index is 14.7. The van der Waals surface area contributed by atoms with E-state index in [0.29, 0.717) is 97.1 Å². The number of aliphatic hydroxyl groups is 2. The summed E-state index contributed by atoms with van der Waals surface area (Å²) in [7, 11) is 0. The van der Waals surface area contributed by atoms with Crippen LogP contribution in [0.1, 0.15) is 160 Å². The molecule has 0 aliphatic carbocycles. The molecule has 4 amide bonds. The van der Waals surface area contributed by atoms with E-state index in [1.54, 1.807) is 31.3 Å². The third-order valence-electron chi connectivity index (χ3n) is 17.9. The highest BCUT2D eigenvalue weighted by Gasteiger charge is 2.35. The molecule has 0 saturated heterocycles. The number of unbranched alkanes of at least 4 members (excludes halogenated alkanes) is 4. The smallest absolute Gasteiger partial charge is 0.274 e. The SMILES string of the molecule is CCCCN(CCCC)C(=O)c1cc(C)n(-c2ccc(-c3cc(C)cc(F)c3)cc2C(=O)N2Cc3ccccc3C[C@H]2CO)n1.CCCCN(CCCC)C(=O)c1cc(C)n(-c2ccc(-c3ccc4ccccc4c3)cc2C(=O)N2Cc3ccccc3C[C@H]2CO)n1. The van der Waals surface area contributed by atoms with Gasteiger partial charge in [-0.3, -0.25) is 19.2 Å². The van der Waals surface area contributed by atoms with Crippen molar-refractivity contribution in [1.82, 2.24) is 39.2 Å². The zero-order valence-corrected chi connectivity index (χ0v) is 54.4. The number of hydrogen-bond acceptors (Lipinski definition) is 8. The fraction of sp³-hybridized carbons (Fsp3) is 0.351. The second kappa shape index (κ2) is 30.4. The molecular weight excluding hydrogens is 1150 g/mol. The average Bonchev–Trinajstić information content (AvgIpc) is 1.38. The molecule has 0 saturated carbocycles. The Labute approximate surface area is 540 Å². The second-order valence-corrected chi connectivity index (χ2v) is 24.7.